The van der Waals surface area contributed by atoms with Gasteiger partial charge in [0.2, 0.25) is 0 Å². The maximum atomic E-state index is 11.6. The first-order valence-electron chi connectivity index (χ1n) is 6.62. The zero-order valence-electron chi connectivity index (χ0n) is 11.1. The van der Waals surface area contributed by atoms with Crippen molar-refractivity contribution in [3.63, 3.8) is 0 Å². The average Bonchev–Trinajstić information content (AvgIpc) is 3.12. The lowest BCUT2D eigenvalue weighted by Gasteiger charge is -2.26. The Morgan fingerprint density at radius 3 is 2.75 bits per heavy atom. The van der Waals surface area contributed by atoms with Crippen LogP contribution in [0.1, 0.15) is 28.8 Å². The van der Waals surface area contributed by atoms with Gasteiger partial charge in [-0.05, 0) is 53.4 Å². The van der Waals surface area contributed by atoms with Crippen LogP contribution in [0.2, 0.25) is 0 Å². The number of nitrogen functional groups attached to an aromatic ring is 1. The molecule has 1 fully saturated rings. The van der Waals surface area contributed by atoms with Crippen molar-refractivity contribution >= 4 is 28.6 Å². The number of amides is 1. The van der Waals surface area contributed by atoms with Gasteiger partial charge in [-0.1, -0.05) is 0 Å². The summed E-state index contributed by atoms with van der Waals surface area (Å²) in [4.78, 5) is 13.9. The Labute approximate surface area is 122 Å². The zero-order chi connectivity index (χ0) is 14.1. The van der Waals surface area contributed by atoms with E-state index in [9.17, 15) is 4.79 Å². The second kappa shape index (κ2) is 5.17. The highest BCUT2D eigenvalue weighted by Crippen LogP contribution is 2.36. The summed E-state index contributed by atoms with van der Waals surface area (Å²) in [6.45, 7) is 0.790. The maximum Gasteiger partial charge on any atom is 0.250 e. The molecule has 1 aromatic carbocycles. The molecule has 20 heavy (non-hydrogen) atoms. The Hall–Kier alpha value is -2.01. The molecular formula is C15H17N3OS. The Bertz CT molecular complexity index is 620. The minimum absolute atomic E-state index is 0.407. The molecule has 1 aliphatic carbocycles. The Balaban J connectivity index is 1.98. The van der Waals surface area contributed by atoms with E-state index in [4.69, 9.17) is 11.5 Å². The number of hydrogen-bond donors (Lipinski definition) is 2. The van der Waals surface area contributed by atoms with Gasteiger partial charge in [0.05, 0.1) is 11.3 Å². The molecule has 5 heteroatoms. The molecule has 1 aliphatic rings. The summed E-state index contributed by atoms with van der Waals surface area (Å²) in [7, 11) is 0. The predicted octanol–water partition coefficient (Wildman–Crippen LogP) is 2.60. The van der Waals surface area contributed by atoms with Crippen molar-refractivity contribution in [3.05, 3.63) is 46.2 Å². The van der Waals surface area contributed by atoms with E-state index in [1.54, 1.807) is 23.5 Å². The Morgan fingerprint density at radius 2 is 2.15 bits per heavy atom. The lowest BCUT2D eigenvalue weighted by atomic mass is 10.1. The van der Waals surface area contributed by atoms with Gasteiger partial charge < -0.3 is 16.4 Å². The molecule has 0 bridgehead atoms. The van der Waals surface area contributed by atoms with Crippen LogP contribution in [0.3, 0.4) is 0 Å². The van der Waals surface area contributed by atoms with Crippen molar-refractivity contribution in [2.75, 3.05) is 10.6 Å². The topological polar surface area (TPSA) is 72.3 Å². The van der Waals surface area contributed by atoms with Crippen LogP contribution in [0.15, 0.2) is 35.0 Å². The molecule has 1 heterocycles. The number of nitrogens with two attached hydrogens (primary N) is 2. The molecule has 0 aliphatic heterocycles. The normalized spacial score (nSPS) is 14.2. The third-order valence-corrected chi connectivity index (χ3v) is 4.25. The van der Waals surface area contributed by atoms with E-state index in [1.807, 2.05) is 6.07 Å². The first-order chi connectivity index (χ1) is 9.65. The number of nitrogens with zero attached hydrogens (tertiary/aromatic N) is 1. The number of hydrogen-bond acceptors (Lipinski definition) is 4. The molecule has 2 aromatic rings. The van der Waals surface area contributed by atoms with E-state index in [0.717, 1.165) is 25.1 Å². The minimum Gasteiger partial charge on any atom is -0.399 e. The lowest BCUT2D eigenvalue weighted by molar-refractivity contribution is 0.100. The quantitative estimate of drug-likeness (QED) is 0.830. The summed E-state index contributed by atoms with van der Waals surface area (Å²) in [6, 6.07) is 7.88. The molecular weight excluding hydrogens is 270 g/mol. The third kappa shape index (κ3) is 2.63. The summed E-state index contributed by atoms with van der Waals surface area (Å²) in [6.07, 6.45) is 2.30. The molecule has 0 saturated heterocycles. The third-order valence-electron chi connectivity index (χ3n) is 3.52. The van der Waals surface area contributed by atoms with E-state index < -0.39 is 5.91 Å². The Kier molecular flexibility index (Phi) is 3.36. The van der Waals surface area contributed by atoms with Crippen molar-refractivity contribution in [2.24, 2.45) is 5.73 Å². The predicted molar refractivity (Wildman–Crippen MR) is 82.9 cm³/mol. The summed E-state index contributed by atoms with van der Waals surface area (Å²) in [5.74, 6) is -0.407. The summed E-state index contributed by atoms with van der Waals surface area (Å²) in [5.41, 5.74) is 14.7. The van der Waals surface area contributed by atoms with Gasteiger partial charge in [0.1, 0.15) is 0 Å². The first-order valence-corrected chi connectivity index (χ1v) is 7.56. The van der Waals surface area contributed by atoms with Gasteiger partial charge in [-0.15, -0.1) is 0 Å². The number of benzene rings is 1. The fourth-order valence-electron chi connectivity index (χ4n) is 2.37. The molecule has 3 rings (SSSR count). The summed E-state index contributed by atoms with van der Waals surface area (Å²) >= 11 is 1.68. The molecule has 0 atom stereocenters. The van der Waals surface area contributed by atoms with E-state index >= 15 is 0 Å². The smallest absolute Gasteiger partial charge is 0.250 e. The number of carbonyl (C=O) groups is 1. The van der Waals surface area contributed by atoms with Gasteiger partial charge >= 0.3 is 0 Å². The Morgan fingerprint density at radius 1 is 1.35 bits per heavy atom. The molecule has 0 unspecified atom stereocenters. The number of primary amides is 1. The van der Waals surface area contributed by atoms with Gasteiger partial charge in [-0.2, -0.15) is 11.3 Å². The van der Waals surface area contributed by atoms with Gasteiger partial charge in [-0.25, -0.2) is 0 Å². The van der Waals surface area contributed by atoms with Crippen LogP contribution in [-0.2, 0) is 6.54 Å². The summed E-state index contributed by atoms with van der Waals surface area (Å²) in [5, 5.41) is 4.19. The molecule has 1 saturated carbocycles. The number of rotatable bonds is 5. The van der Waals surface area contributed by atoms with Crippen LogP contribution >= 0.6 is 11.3 Å². The van der Waals surface area contributed by atoms with Crippen LogP contribution in [0.5, 0.6) is 0 Å². The van der Waals surface area contributed by atoms with Gasteiger partial charge in [-0.3, -0.25) is 4.79 Å². The highest BCUT2D eigenvalue weighted by atomic mass is 32.1. The van der Waals surface area contributed by atoms with Crippen LogP contribution < -0.4 is 16.4 Å². The van der Waals surface area contributed by atoms with Crippen LogP contribution in [-0.4, -0.2) is 11.9 Å². The zero-order valence-corrected chi connectivity index (χ0v) is 11.9. The fraction of sp³-hybridized carbons (Fsp3) is 0.267. The largest absolute Gasteiger partial charge is 0.399 e. The molecule has 104 valence electrons. The minimum atomic E-state index is -0.407. The van der Waals surface area contributed by atoms with Crippen molar-refractivity contribution in [2.45, 2.75) is 25.4 Å². The second-order valence-electron chi connectivity index (χ2n) is 5.13. The van der Waals surface area contributed by atoms with Crippen molar-refractivity contribution in [1.82, 2.24) is 0 Å². The van der Waals surface area contributed by atoms with E-state index in [2.05, 4.69) is 21.7 Å². The first kappa shape index (κ1) is 13.0. The number of anilines is 2. The lowest BCUT2D eigenvalue weighted by Crippen LogP contribution is -2.28. The van der Waals surface area contributed by atoms with Crippen LogP contribution in [0.25, 0.3) is 0 Å². The molecule has 4 N–H and O–H groups in total. The highest BCUT2D eigenvalue weighted by molar-refractivity contribution is 7.07. The number of carbonyl (C=O) groups excluding carboxylic acids is 1. The monoisotopic (exact) mass is 287 g/mol. The van der Waals surface area contributed by atoms with Crippen molar-refractivity contribution in [3.8, 4) is 0 Å². The maximum absolute atomic E-state index is 11.6. The molecule has 1 amide bonds. The van der Waals surface area contributed by atoms with Crippen molar-refractivity contribution < 1.29 is 4.79 Å². The molecule has 0 spiro atoms. The molecule has 4 nitrogen and oxygen atoms in total. The van der Waals surface area contributed by atoms with Crippen LogP contribution in [0, 0.1) is 0 Å². The second-order valence-corrected chi connectivity index (χ2v) is 5.91. The van der Waals surface area contributed by atoms with Gasteiger partial charge in [0.15, 0.2) is 0 Å². The van der Waals surface area contributed by atoms with E-state index in [-0.39, 0.29) is 0 Å². The van der Waals surface area contributed by atoms with E-state index in [0.29, 0.717) is 17.3 Å². The standard InChI is InChI=1S/C15H17N3OS/c16-11-1-4-13(15(17)19)14(7-11)18(12-2-3-12)8-10-5-6-20-9-10/h1,4-7,9,12H,2-3,8,16H2,(H2,17,19). The molecule has 0 radical (unpaired) electrons. The molecule has 1 aromatic heterocycles. The number of thiophene rings is 1. The summed E-state index contributed by atoms with van der Waals surface area (Å²) < 4.78 is 0. The highest BCUT2D eigenvalue weighted by Gasteiger charge is 2.31. The SMILES string of the molecule is NC(=O)c1ccc(N)cc1N(Cc1ccsc1)C1CC1. The van der Waals surface area contributed by atoms with Gasteiger partial charge in [0.25, 0.3) is 5.91 Å². The van der Waals surface area contributed by atoms with Crippen molar-refractivity contribution in [1.29, 1.82) is 0 Å². The average molecular weight is 287 g/mol. The van der Waals surface area contributed by atoms with Gasteiger partial charge in [0, 0.05) is 18.3 Å². The van der Waals surface area contributed by atoms with E-state index in [1.165, 1.54) is 5.56 Å². The fourth-order valence-corrected chi connectivity index (χ4v) is 3.03. The van der Waals surface area contributed by atoms with Crippen LogP contribution in [0.4, 0.5) is 11.4 Å².